The zero-order valence-electron chi connectivity index (χ0n) is 12.9. The fourth-order valence-electron chi connectivity index (χ4n) is 2.59. The molecule has 1 aromatic carbocycles. The van der Waals surface area contributed by atoms with Crippen LogP contribution in [0.1, 0.15) is 37.9 Å². The van der Waals surface area contributed by atoms with E-state index in [4.69, 9.17) is 10.5 Å². The summed E-state index contributed by atoms with van der Waals surface area (Å²) in [6, 6.07) is 5.26. The molecule has 0 aliphatic carbocycles. The number of nitrogens with one attached hydrogen (secondary N) is 1. The third kappa shape index (κ3) is 4.74. The van der Waals surface area contributed by atoms with Crippen molar-refractivity contribution in [2.24, 2.45) is 5.73 Å². The summed E-state index contributed by atoms with van der Waals surface area (Å²) in [5, 5.41) is 12.9. The Hall–Kier alpha value is -1.99. The predicted molar refractivity (Wildman–Crippen MR) is 80.7 cm³/mol. The van der Waals surface area contributed by atoms with Crippen LogP contribution in [0.2, 0.25) is 0 Å². The largest absolute Gasteiger partial charge is 0.388 e. The smallest absolute Gasteiger partial charge is 0.249 e. The zero-order chi connectivity index (χ0) is 17.0. The summed E-state index contributed by atoms with van der Waals surface area (Å²) in [6.45, 7) is 1.76. The molecule has 2 amide bonds. The first-order chi connectivity index (χ1) is 10.9. The van der Waals surface area contributed by atoms with Crippen LogP contribution in [-0.2, 0) is 14.3 Å². The molecule has 126 valence electrons. The summed E-state index contributed by atoms with van der Waals surface area (Å²) in [4.78, 5) is 23.1. The second-order valence-corrected chi connectivity index (χ2v) is 5.81. The molecule has 4 atom stereocenters. The van der Waals surface area contributed by atoms with Crippen molar-refractivity contribution in [2.75, 3.05) is 0 Å². The van der Waals surface area contributed by atoms with E-state index in [0.29, 0.717) is 18.4 Å². The summed E-state index contributed by atoms with van der Waals surface area (Å²) in [5.41, 5.74) is 5.73. The Bertz CT molecular complexity index is 564. The van der Waals surface area contributed by atoms with E-state index in [1.54, 1.807) is 6.92 Å². The number of rotatable bonds is 6. The molecule has 4 N–H and O–H groups in total. The lowest BCUT2D eigenvalue weighted by molar-refractivity contribution is -0.138. The molecule has 0 saturated carbocycles. The van der Waals surface area contributed by atoms with Gasteiger partial charge in [-0.25, -0.2) is 4.39 Å². The van der Waals surface area contributed by atoms with Crippen molar-refractivity contribution in [3.63, 3.8) is 0 Å². The average molecular weight is 324 g/mol. The minimum atomic E-state index is -0.811. The van der Waals surface area contributed by atoms with Gasteiger partial charge in [-0.3, -0.25) is 9.59 Å². The van der Waals surface area contributed by atoms with Crippen LogP contribution in [0.4, 0.5) is 4.39 Å². The van der Waals surface area contributed by atoms with Gasteiger partial charge < -0.3 is 20.9 Å². The highest BCUT2D eigenvalue weighted by Gasteiger charge is 2.34. The molecule has 0 unspecified atom stereocenters. The van der Waals surface area contributed by atoms with E-state index in [2.05, 4.69) is 5.32 Å². The third-order valence-electron chi connectivity index (χ3n) is 3.85. The first kappa shape index (κ1) is 17.4. The van der Waals surface area contributed by atoms with Crippen molar-refractivity contribution in [1.82, 2.24) is 5.32 Å². The fraction of sp³-hybridized carbons (Fsp3) is 0.500. The minimum Gasteiger partial charge on any atom is -0.388 e. The average Bonchev–Trinajstić information content (AvgIpc) is 2.97. The van der Waals surface area contributed by atoms with E-state index < -0.39 is 24.2 Å². The van der Waals surface area contributed by atoms with Crippen LogP contribution in [0.15, 0.2) is 24.3 Å². The number of hydrogen-bond acceptors (Lipinski definition) is 4. The van der Waals surface area contributed by atoms with Crippen LogP contribution in [0.3, 0.4) is 0 Å². The second kappa shape index (κ2) is 7.52. The van der Waals surface area contributed by atoms with Gasteiger partial charge in [0.25, 0.3) is 0 Å². The molecular weight excluding hydrogens is 303 g/mol. The van der Waals surface area contributed by atoms with Gasteiger partial charge in [0.2, 0.25) is 11.8 Å². The van der Waals surface area contributed by atoms with Crippen LogP contribution < -0.4 is 11.1 Å². The van der Waals surface area contributed by atoms with Crippen LogP contribution in [0, 0.1) is 5.82 Å². The van der Waals surface area contributed by atoms with E-state index >= 15 is 0 Å². The molecular formula is C16H21FN2O4. The number of amides is 2. The number of benzene rings is 1. The van der Waals surface area contributed by atoms with Crippen LogP contribution >= 0.6 is 0 Å². The summed E-state index contributed by atoms with van der Waals surface area (Å²) in [5.74, 6) is -1.27. The molecule has 6 nitrogen and oxygen atoms in total. The number of ether oxygens (including phenoxy) is 1. The van der Waals surface area contributed by atoms with E-state index in [1.807, 2.05) is 0 Å². The molecule has 1 saturated heterocycles. The van der Waals surface area contributed by atoms with Gasteiger partial charge in [0.05, 0.1) is 6.10 Å². The predicted octanol–water partition coefficient (Wildman–Crippen LogP) is 0.787. The number of primary amides is 1. The lowest BCUT2D eigenvalue weighted by Gasteiger charge is -2.20. The molecule has 1 aliphatic rings. The number of nitrogens with two attached hydrogens (primary N) is 1. The zero-order valence-corrected chi connectivity index (χ0v) is 12.9. The van der Waals surface area contributed by atoms with Crippen LogP contribution in [-0.4, -0.2) is 35.2 Å². The first-order valence-corrected chi connectivity index (χ1v) is 7.55. The fourth-order valence-corrected chi connectivity index (χ4v) is 2.59. The van der Waals surface area contributed by atoms with E-state index in [1.165, 1.54) is 24.3 Å². The molecule has 23 heavy (non-hydrogen) atoms. The molecule has 0 bridgehead atoms. The van der Waals surface area contributed by atoms with Gasteiger partial charge in [0, 0.05) is 6.04 Å². The maximum Gasteiger partial charge on any atom is 0.249 e. The number of carbonyl (C=O) groups excluding carboxylic acids is 2. The van der Waals surface area contributed by atoms with Crippen molar-refractivity contribution in [1.29, 1.82) is 0 Å². The Morgan fingerprint density at radius 1 is 1.35 bits per heavy atom. The number of aliphatic hydroxyl groups is 1. The van der Waals surface area contributed by atoms with Gasteiger partial charge in [-0.05, 0) is 43.9 Å². The molecule has 1 fully saturated rings. The van der Waals surface area contributed by atoms with Gasteiger partial charge >= 0.3 is 0 Å². The highest BCUT2D eigenvalue weighted by Crippen LogP contribution is 2.21. The Kier molecular flexibility index (Phi) is 5.68. The van der Waals surface area contributed by atoms with Crippen molar-refractivity contribution in [3.8, 4) is 0 Å². The van der Waals surface area contributed by atoms with Gasteiger partial charge in [-0.2, -0.15) is 0 Å². The second-order valence-electron chi connectivity index (χ2n) is 5.81. The topological polar surface area (TPSA) is 102 Å². The van der Waals surface area contributed by atoms with E-state index in [9.17, 15) is 19.1 Å². The first-order valence-electron chi connectivity index (χ1n) is 7.55. The van der Waals surface area contributed by atoms with Gasteiger partial charge in [0.15, 0.2) is 0 Å². The normalized spacial score (nSPS) is 23.3. The lowest BCUT2D eigenvalue weighted by atomic mass is 10.0. The molecule has 1 aliphatic heterocycles. The molecule has 0 spiro atoms. The number of carbonyl (C=O) groups is 2. The van der Waals surface area contributed by atoms with Crippen molar-refractivity contribution < 1.29 is 23.8 Å². The van der Waals surface area contributed by atoms with Crippen molar-refractivity contribution in [2.45, 2.75) is 50.5 Å². The Morgan fingerprint density at radius 2 is 1.96 bits per heavy atom. The van der Waals surface area contributed by atoms with Gasteiger partial charge in [0.1, 0.15) is 18.0 Å². The minimum absolute atomic E-state index is 0.281. The van der Waals surface area contributed by atoms with Crippen LogP contribution in [0.5, 0.6) is 0 Å². The van der Waals surface area contributed by atoms with E-state index in [0.717, 1.165) is 0 Å². The molecule has 0 aromatic heterocycles. The maximum atomic E-state index is 12.9. The monoisotopic (exact) mass is 324 g/mol. The lowest BCUT2D eigenvalue weighted by Crippen LogP contribution is -2.41. The molecule has 1 heterocycles. The number of hydrogen-bond donors (Lipinski definition) is 3. The van der Waals surface area contributed by atoms with E-state index in [-0.39, 0.29) is 24.2 Å². The van der Waals surface area contributed by atoms with Crippen LogP contribution in [0.25, 0.3) is 0 Å². The highest BCUT2D eigenvalue weighted by atomic mass is 19.1. The molecule has 0 radical (unpaired) electrons. The Balaban J connectivity index is 1.82. The third-order valence-corrected chi connectivity index (χ3v) is 3.85. The molecule has 7 heteroatoms. The summed E-state index contributed by atoms with van der Waals surface area (Å²) in [6.07, 6.45) is -1.08. The maximum absolute atomic E-state index is 12.9. The Morgan fingerprint density at radius 3 is 2.52 bits per heavy atom. The number of aliphatic hydroxyl groups excluding tert-OH is 1. The van der Waals surface area contributed by atoms with Crippen molar-refractivity contribution in [3.05, 3.63) is 35.6 Å². The highest BCUT2D eigenvalue weighted by molar-refractivity contribution is 5.84. The van der Waals surface area contributed by atoms with Crippen molar-refractivity contribution >= 4 is 11.8 Å². The summed E-state index contributed by atoms with van der Waals surface area (Å²) < 4.78 is 18.2. The summed E-state index contributed by atoms with van der Waals surface area (Å²) >= 11 is 0. The Labute approximate surface area is 133 Å². The number of halogens is 1. The molecule has 1 aromatic rings. The van der Waals surface area contributed by atoms with Gasteiger partial charge in [-0.15, -0.1) is 0 Å². The molecule has 2 rings (SSSR count). The SMILES string of the molecule is C[C@H](C[C@H](O)c1ccc(F)cc1)NC(=O)[C@@H]1CC[C@H](C(N)=O)O1. The van der Waals surface area contributed by atoms with Gasteiger partial charge in [-0.1, -0.05) is 12.1 Å². The standard InChI is InChI=1S/C16H21FN2O4/c1-9(8-12(20)10-2-4-11(17)5-3-10)19-16(22)14-7-6-13(23-14)15(18)21/h2-5,9,12-14,20H,6-8H2,1H3,(H2,18,21)(H,19,22)/t9-,12+,13-,14+/m1/s1. The summed E-state index contributed by atoms with van der Waals surface area (Å²) in [7, 11) is 0. The quantitative estimate of drug-likeness (QED) is 0.720.